The van der Waals surface area contributed by atoms with Crippen LogP contribution in [0.4, 0.5) is 11.4 Å². The summed E-state index contributed by atoms with van der Waals surface area (Å²) in [4.78, 5) is 39.8. The third kappa shape index (κ3) is 2.63. The molecule has 0 aromatic heterocycles. The van der Waals surface area contributed by atoms with Gasteiger partial charge in [0.05, 0.1) is 17.5 Å². The van der Waals surface area contributed by atoms with E-state index in [1.54, 1.807) is 36.4 Å². The summed E-state index contributed by atoms with van der Waals surface area (Å²) in [5.41, 5.74) is 1.54. The Bertz CT molecular complexity index is 1000. The topological polar surface area (TPSA) is 66.5 Å². The van der Waals surface area contributed by atoms with Crippen molar-refractivity contribution in [2.75, 3.05) is 10.2 Å². The minimum Gasteiger partial charge on any atom is -0.322 e. The molecule has 3 amide bonds. The smallest absolute Gasteiger partial charge is 0.255 e. The molecule has 2 aliphatic carbocycles. The second-order valence-electron chi connectivity index (χ2n) is 7.52. The summed E-state index contributed by atoms with van der Waals surface area (Å²) in [5.74, 6) is -0.731. The van der Waals surface area contributed by atoms with Crippen LogP contribution in [0.1, 0.15) is 16.8 Å². The molecular weight excluding hydrogens is 420 g/mol. The number of nitrogens with one attached hydrogen (secondary N) is 1. The van der Waals surface area contributed by atoms with Crippen molar-refractivity contribution in [1.29, 1.82) is 0 Å². The lowest BCUT2D eigenvalue weighted by Crippen LogP contribution is -2.33. The Labute approximate surface area is 170 Å². The van der Waals surface area contributed by atoms with Crippen LogP contribution < -0.4 is 10.2 Å². The number of nitrogens with zero attached hydrogens (tertiary/aromatic N) is 1. The van der Waals surface area contributed by atoms with Crippen LogP contribution in [-0.4, -0.2) is 17.7 Å². The highest BCUT2D eigenvalue weighted by atomic mass is 79.9. The van der Waals surface area contributed by atoms with Gasteiger partial charge in [-0.05, 0) is 60.7 Å². The number of rotatable bonds is 3. The summed E-state index contributed by atoms with van der Waals surface area (Å²) in [6.07, 6.45) is 5.04. The van der Waals surface area contributed by atoms with Crippen LogP contribution in [0.3, 0.4) is 0 Å². The Morgan fingerprint density at radius 1 is 0.964 bits per heavy atom. The van der Waals surface area contributed by atoms with Crippen molar-refractivity contribution in [3.63, 3.8) is 0 Å². The zero-order chi connectivity index (χ0) is 19.4. The first kappa shape index (κ1) is 17.4. The van der Waals surface area contributed by atoms with Crippen molar-refractivity contribution in [1.82, 2.24) is 0 Å². The van der Waals surface area contributed by atoms with Gasteiger partial charge in [0.1, 0.15) is 0 Å². The third-order valence-corrected chi connectivity index (χ3v) is 6.47. The summed E-state index contributed by atoms with van der Waals surface area (Å²) in [6, 6.07) is 14.0. The van der Waals surface area contributed by atoms with Crippen LogP contribution in [0.2, 0.25) is 0 Å². The number of hydrogen-bond acceptors (Lipinski definition) is 3. The Hall–Kier alpha value is -2.73. The van der Waals surface area contributed by atoms with Crippen LogP contribution in [-0.2, 0) is 9.59 Å². The molecule has 0 spiro atoms. The predicted molar refractivity (Wildman–Crippen MR) is 109 cm³/mol. The molecule has 2 fully saturated rings. The number of imide groups is 1. The summed E-state index contributed by atoms with van der Waals surface area (Å²) >= 11 is 3.36. The van der Waals surface area contributed by atoms with Gasteiger partial charge in [-0.3, -0.25) is 14.4 Å². The quantitative estimate of drug-likeness (QED) is 0.583. The van der Waals surface area contributed by atoms with Crippen molar-refractivity contribution in [3.8, 4) is 0 Å². The van der Waals surface area contributed by atoms with Crippen LogP contribution >= 0.6 is 15.9 Å². The number of anilines is 2. The Morgan fingerprint density at radius 3 is 2.25 bits per heavy atom. The van der Waals surface area contributed by atoms with E-state index in [-0.39, 0.29) is 41.4 Å². The van der Waals surface area contributed by atoms with Gasteiger partial charge in [-0.15, -0.1) is 0 Å². The SMILES string of the molecule is O=C(Nc1ccc(Br)cc1)c1cccc(N2C(=O)[C@@H]3[C@H](C2=O)[C@H]2C=C[C@H]3C2)c1. The van der Waals surface area contributed by atoms with Gasteiger partial charge in [0.25, 0.3) is 5.91 Å². The molecule has 2 aromatic rings. The van der Waals surface area contributed by atoms with E-state index in [1.165, 1.54) is 4.90 Å². The average Bonchev–Trinajstić information content (AvgIpc) is 3.37. The zero-order valence-electron chi connectivity index (χ0n) is 14.8. The molecule has 1 saturated heterocycles. The van der Waals surface area contributed by atoms with Gasteiger partial charge < -0.3 is 5.32 Å². The fraction of sp³-hybridized carbons (Fsp3) is 0.227. The van der Waals surface area contributed by atoms with E-state index >= 15 is 0 Å². The molecule has 0 unspecified atom stereocenters. The summed E-state index contributed by atoms with van der Waals surface area (Å²) in [5, 5.41) is 2.83. The van der Waals surface area contributed by atoms with Gasteiger partial charge in [0.15, 0.2) is 0 Å². The molecule has 4 atom stereocenters. The molecule has 1 aliphatic heterocycles. The number of hydrogen-bond donors (Lipinski definition) is 1. The first-order valence-electron chi connectivity index (χ1n) is 9.26. The van der Waals surface area contributed by atoms with Crippen molar-refractivity contribution < 1.29 is 14.4 Å². The van der Waals surface area contributed by atoms with Gasteiger partial charge in [-0.1, -0.05) is 34.1 Å². The molecule has 140 valence electrons. The zero-order valence-corrected chi connectivity index (χ0v) is 16.4. The van der Waals surface area contributed by atoms with Crippen molar-refractivity contribution in [3.05, 3.63) is 70.7 Å². The lowest BCUT2D eigenvalue weighted by atomic mass is 9.85. The van der Waals surface area contributed by atoms with E-state index in [4.69, 9.17) is 0 Å². The molecule has 1 heterocycles. The highest BCUT2D eigenvalue weighted by molar-refractivity contribution is 9.10. The van der Waals surface area contributed by atoms with Crippen molar-refractivity contribution >= 4 is 45.0 Å². The Morgan fingerprint density at radius 2 is 1.61 bits per heavy atom. The number of carbonyl (C=O) groups is 3. The van der Waals surface area contributed by atoms with Gasteiger partial charge >= 0.3 is 0 Å². The maximum Gasteiger partial charge on any atom is 0.255 e. The highest BCUT2D eigenvalue weighted by Gasteiger charge is 2.59. The first-order valence-corrected chi connectivity index (χ1v) is 10.1. The number of benzene rings is 2. The van der Waals surface area contributed by atoms with Gasteiger partial charge in [-0.25, -0.2) is 4.90 Å². The fourth-order valence-corrected chi connectivity index (χ4v) is 4.94. The summed E-state index contributed by atoms with van der Waals surface area (Å²) in [7, 11) is 0. The molecule has 28 heavy (non-hydrogen) atoms. The maximum atomic E-state index is 13.0. The van der Waals surface area contributed by atoms with Gasteiger partial charge in [0, 0.05) is 15.7 Å². The summed E-state index contributed by atoms with van der Waals surface area (Å²) < 4.78 is 0.924. The largest absolute Gasteiger partial charge is 0.322 e. The van der Waals surface area contributed by atoms with E-state index < -0.39 is 0 Å². The minimum absolute atomic E-state index is 0.141. The first-order chi connectivity index (χ1) is 13.5. The van der Waals surface area contributed by atoms with Crippen LogP contribution in [0.15, 0.2) is 65.2 Å². The highest BCUT2D eigenvalue weighted by Crippen LogP contribution is 2.53. The van der Waals surface area contributed by atoms with Crippen LogP contribution in [0.5, 0.6) is 0 Å². The second-order valence-corrected chi connectivity index (χ2v) is 8.44. The van der Waals surface area contributed by atoms with E-state index in [9.17, 15) is 14.4 Å². The lowest BCUT2D eigenvalue weighted by Gasteiger charge is -2.18. The molecule has 3 aliphatic rings. The molecule has 5 rings (SSSR count). The maximum absolute atomic E-state index is 13.0. The molecule has 5 nitrogen and oxygen atoms in total. The molecule has 1 saturated carbocycles. The van der Waals surface area contributed by atoms with E-state index in [2.05, 4.69) is 33.4 Å². The number of amides is 3. The molecular formula is C22H17BrN2O3. The van der Waals surface area contributed by atoms with Crippen molar-refractivity contribution in [2.24, 2.45) is 23.7 Å². The standard InChI is InChI=1S/C22H17BrN2O3/c23-15-6-8-16(9-7-15)24-20(26)14-2-1-3-17(11-14)25-21(27)18-12-4-5-13(10-12)19(18)22(25)28/h1-9,11-13,18-19H,10H2,(H,24,26)/t12-,13-,18-,19+/m0/s1. The molecule has 2 bridgehead atoms. The van der Waals surface area contributed by atoms with E-state index in [0.717, 1.165) is 10.9 Å². The third-order valence-electron chi connectivity index (χ3n) is 5.94. The lowest BCUT2D eigenvalue weighted by molar-refractivity contribution is -0.123. The molecule has 1 N–H and O–H groups in total. The van der Waals surface area contributed by atoms with Crippen LogP contribution in [0.25, 0.3) is 0 Å². The Kier molecular flexibility index (Phi) is 3.98. The number of fused-ring (bicyclic) bond motifs is 5. The molecule has 0 radical (unpaired) electrons. The van der Waals surface area contributed by atoms with Gasteiger partial charge in [-0.2, -0.15) is 0 Å². The molecule has 2 aromatic carbocycles. The number of halogens is 1. The second kappa shape index (κ2) is 6.41. The van der Waals surface area contributed by atoms with E-state index in [1.807, 2.05) is 12.1 Å². The monoisotopic (exact) mass is 436 g/mol. The number of allylic oxidation sites excluding steroid dienone is 2. The number of carbonyl (C=O) groups excluding carboxylic acids is 3. The molecule has 6 heteroatoms. The van der Waals surface area contributed by atoms with Crippen molar-refractivity contribution in [2.45, 2.75) is 6.42 Å². The van der Waals surface area contributed by atoms with E-state index in [0.29, 0.717) is 16.9 Å². The predicted octanol–water partition coefficient (Wildman–Crippen LogP) is 4.01. The Balaban J connectivity index is 1.40. The summed E-state index contributed by atoms with van der Waals surface area (Å²) in [6.45, 7) is 0. The van der Waals surface area contributed by atoms with Gasteiger partial charge in [0.2, 0.25) is 11.8 Å². The normalized spacial score (nSPS) is 27.4. The van der Waals surface area contributed by atoms with Crippen LogP contribution in [0, 0.1) is 23.7 Å². The average molecular weight is 437 g/mol. The fourth-order valence-electron chi connectivity index (χ4n) is 4.68. The minimum atomic E-state index is -0.287.